The Bertz CT molecular complexity index is 2620. The number of ether oxygens (including phenoxy) is 2. The van der Waals surface area contributed by atoms with Gasteiger partial charge < -0.3 is 18.9 Å². The Hall–Kier alpha value is -6.28. The van der Waals surface area contributed by atoms with E-state index in [0.29, 0.717) is 34.7 Å². The summed E-state index contributed by atoms with van der Waals surface area (Å²) in [4.78, 5) is 47.0. The van der Waals surface area contributed by atoms with Gasteiger partial charge in [-0.05, 0) is 89.6 Å². The van der Waals surface area contributed by atoms with E-state index in [2.05, 4.69) is 48.5 Å². The highest BCUT2D eigenvalue weighted by Gasteiger charge is 2.30. The predicted molar refractivity (Wildman–Crippen MR) is 220 cm³/mol. The number of halogens is 1. The standard InChI is InChI=1S/C44H45FN8O5/c1-50-24-34(31-9-14-46-22-33(31)43(50)55)29-20-37(57-2)35(38(21-29)58-3)25-51-15-12-30-27(5-4-6-28(30)23-51)19-26-10-16-52(17-11-26)36-8-7-32-41(40(36)45)48-49-42(32)53-18-13-39(54)47-44(53)56/h4-9,14,20-22,24,26H,10-13,15-19,23,25H2,1-3H3,(H,48,49)(H,47,54,56). The van der Waals surface area contributed by atoms with Crippen molar-refractivity contribution in [2.75, 3.05) is 50.2 Å². The van der Waals surface area contributed by atoms with Gasteiger partial charge in [0.25, 0.3) is 5.56 Å². The Morgan fingerprint density at radius 3 is 2.47 bits per heavy atom. The number of piperidine rings is 1. The largest absolute Gasteiger partial charge is 0.496 e. The molecule has 6 aromatic rings. The number of carbonyl (C=O) groups is 2. The average Bonchev–Trinajstić information content (AvgIpc) is 3.67. The first-order valence-corrected chi connectivity index (χ1v) is 19.7. The third-order valence-corrected chi connectivity index (χ3v) is 12.1. The van der Waals surface area contributed by atoms with E-state index in [-0.39, 0.29) is 35.8 Å². The smallest absolute Gasteiger partial charge is 0.329 e. The van der Waals surface area contributed by atoms with Crippen LogP contribution in [-0.2, 0) is 37.8 Å². The minimum Gasteiger partial charge on any atom is -0.496 e. The molecular formula is C44H45FN8O5. The highest BCUT2D eigenvalue weighted by Crippen LogP contribution is 2.39. The molecule has 2 fully saturated rings. The topological polar surface area (TPSA) is 138 Å². The maximum absolute atomic E-state index is 15.9. The van der Waals surface area contributed by atoms with E-state index >= 15 is 4.39 Å². The van der Waals surface area contributed by atoms with Gasteiger partial charge in [-0.3, -0.25) is 34.8 Å². The summed E-state index contributed by atoms with van der Waals surface area (Å²) < 4.78 is 29.5. The molecule has 58 heavy (non-hydrogen) atoms. The van der Waals surface area contributed by atoms with Crippen molar-refractivity contribution in [3.05, 3.63) is 106 Å². The predicted octanol–water partition coefficient (Wildman–Crippen LogP) is 6.10. The molecule has 13 nitrogen and oxygen atoms in total. The van der Waals surface area contributed by atoms with E-state index < -0.39 is 6.03 Å². The number of methoxy groups -OCH3 is 2. The molecule has 3 amide bonds. The molecule has 14 heteroatoms. The van der Waals surface area contributed by atoms with E-state index in [0.717, 1.165) is 85.4 Å². The van der Waals surface area contributed by atoms with Crippen molar-refractivity contribution in [2.24, 2.45) is 13.0 Å². The lowest BCUT2D eigenvalue weighted by molar-refractivity contribution is -0.120. The minimum atomic E-state index is -0.552. The van der Waals surface area contributed by atoms with Crippen LogP contribution in [0, 0.1) is 11.7 Å². The lowest BCUT2D eigenvalue weighted by Gasteiger charge is -2.35. The molecule has 298 valence electrons. The Morgan fingerprint density at radius 1 is 0.914 bits per heavy atom. The van der Waals surface area contributed by atoms with Gasteiger partial charge in [0.15, 0.2) is 11.6 Å². The maximum Gasteiger partial charge on any atom is 0.329 e. The van der Waals surface area contributed by atoms with E-state index in [1.54, 1.807) is 50.4 Å². The van der Waals surface area contributed by atoms with Crippen LogP contribution in [0.1, 0.15) is 41.5 Å². The number of aromatic amines is 1. The highest BCUT2D eigenvalue weighted by atomic mass is 19.1. The fraction of sp³-hybridized carbons (Fsp3) is 0.341. The van der Waals surface area contributed by atoms with Crippen LogP contribution >= 0.6 is 0 Å². The summed E-state index contributed by atoms with van der Waals surface area (Å²) in [5.41, 5.74) is 7.63. The van der Waals surface area contributed by atoms with Gasteiger partial charge in [0.1, 0.15) is 17.0 Å². The number of rotatable bonds is 9. The maximum atomic E-state index is 15.9. The van der Waals surface area contributed by atoms with Crippen molar-refractivity contribution in [2.45, 2.75) is 45.2 Å². The van der Waals surface area contributed by atoms with E-state index in [1.165, 1.54) is 21.6 Å². The summed E-state index contributed by atoms with van der Waals surface area (Å²) in [7, 11) is 5.11. The van der Waals surface area contributed by atoms with E-state index in [4.69, 9.17) is 9.47 Å². The number of urea groups is 1. The van der Waals surface area contributed by atoms with Crippen molar-refractivity contribution in [1.29, 1.82) is 0 Å². The number of fused-ring (bicyclic) bond motifs is 3. The molecule has 0 bridgehead atoms. The van der Waals surface area contributed by atoms with Crippen LogP contribution in [0.2, 0.25) is 0 Å². The van der Waals surface area contributed by atoms with Crippen LogP contribution in [0.15, 0.2) is 71.9 Å². The van der Waals surface area contributed by atoms with Crippen LogP contribution < -0.4 is 30.1 Å². The van der Waals surface area contributed by atoms with Crippen molar-refractivity contribution in [3.8, 4) is 22.6 Å². The summed E-state index contributed by atoms with van der Waals surface area (Å²) in [5.74, 6) is 1.55. The van der Waals surface area contributed by atoms with Crippen LogP contribution in [0.25, 0.3) is 32.8 Å². The summed E-state index contributed by atoms with van der Waals surface area (Å²) in [6.45, 7) is 4.04. The van der Waals surface area contributed by atoms with E-state index in [1.807, 2.05) is 24.4 Å². The molecule has 9 rings (SSSR count). The van der Waals surface area contributed by atoms with Crippen LogP contribution in [-0.4, -0.2) is 77.0 Å². The zero-order valence-corrected chi connectivity index (χ0v) is 32.8. The molecular weight excluding hydrogens is 740 g/mol. The lowest BCUT2D eigenvalue weighted by atomic mass is 9.85. The monoisotopic (exact) mass is 784 g/mol. The molecule has 0 spiro atoms. The van der Waals surface area contributed by atoms with Gasteiger partial charge in [0, 0.05) is 82.3 Å². The number of anilines is 2. The molecule has 0 saturated carbocycles. The van der Waals surface area contributed by atoms with Crippen LogP contribution in [0.4, 0.5) is 20.7 Å². The number of pyridine rings is 2. The van der Waals surface area contributed by atoms with Gasteiger partial charge in [-0.2, -0.15) is 5.10 Å². The van der Waals surface area contributed by atoms with Gasteiger partial charge >= 0.3 is 6.03 Å². The summed E-state index contributed by atoms with van der Waals surface area (Å²) in [6.07, 6.45) is 9.16. The average molecular weight is 785 g/mol. The van der Waals surface area contributed by atoms with Gasteiger partial charge in [0.05, 0.1) is 30.9 Å². The van der Waals surface area contributed by atoms with Crippen molar-refractivity contribution in [1.82, 2.24) is 30.0 Å². The number of hydrogen-bond donors (Lipinski definition) is 2. The molecule has 3 aromatic heterocycles. The first-order chi connectivity index (χ1) is 28.2. The number of aryl methyl sites for hydroxylation is 1. The Morgan fingerprint density at radius 2 is 1.71 bits per heavy atom. The van der Waals surface area contributed by atoms with E-state index in [9.17, 15) is 14.4 Å². The van der Waals surface area contributed by atoms with Gasteiger partial charge in [-0.15, -0.1) is 0 Å². The zero-order chi connectivity index (χ0) is 40.1. The van der Waals surface area contributed by atoms with Crippen molar-refractivity contribution in [3.63, 3.8) is 0 Å². The second-order valence-electron chi connectivity index (χ2n) is 15.5. The second-order valence-corrected chi connectivity index (χ2v) is 15.5. The third-order valence-electron chi connectivity index (χ3n) is 12.1. The van der Waals surface area contributed by atoms with Gasteiger partial charge in [0.2, 0.25) is 5.91 Å². The number of carbonyl (C=O) groups excluding carboxylic acids is 2. The van der Waals surface area contributed by atoms with Gasteiger partial charge in [-0.25, -0.2) is 9.18 Å². The fourth-order valence-electron chi connectivity index (χ4n) is 9.07. The molecule has 0 unspecified atom stereocenters. The highest BCUT2D eigenvalue weighted by molar-refractivity contribution is 6.09. The molecule has 0 atom stereocenters. The summed E-state index contributed by atoms with van der Waals surface area (Å²) >= 11 is 0. The molecule has 3 aliphatic heterocycles. The van der Waals surface area contributed by atoms with Crippen LogP contribution in [0.5, 0.6) is 11.5 Å². The molecule has 3 aromatic carbocycles. The first kappa shape index (κ1) is 37.3. The number of imide groups is 1. The number of nitrogens with zero attached hydrogens (tertiary/aromatic N) is 6. The number of aromatic nitrogens is 4. The van der Waals surface area contributed by atoms with Crippen LogP contribution in [0.3, 0.4) is 0 Å². The number of H-pyrrole nitrogens is 1. The number of amides is 3. The van der Waals surface area contributed by atoms with Gasteiger partial charge in [-0.1, -0.05) is 18.2 Å². The summed E-state index contributed by atoms with van der Waals surface area (Å²) in [5, 5.41) is 11.2. The molecule has 0 radical (unpaired) electrons. The fourth-order valence-corrected chi connectivity index (χ4v) is 9.07. The number of nitrogens with one attached hydrogen (secondary N) is 2. The first-order valence-electron chi connectivity index (χ1n) is 19.7. The zero-order valence-electron chi connectivity index (χ0n) is 32.8. The molecule has 2 saturated heterocycles. The SMILES string of the molecule is COc1cc(-c2cn(C)c(=O)c3cnccc23)cc(OC)c1CN1CCc2c(CC3CCN(c4ccc5c(N6CCC(=O)NC6=O)n[nH]c5c4F)CC3)cccc2C1. The normalized spacial score (nSPS) is 16.6. The molecule has 3 aliphatic rings. The Kier molecular flexibility index (Phi) is 9.80. The number of hydrogen-bond acceptors (Lipinski definition) is 9. The summed E-state index contributed by atoms with van der Waals surface area (Å²) in [6, 6.07) is 15.6. The molecule has 0 aliphatic carbocycles. The quantitative estimate of drug-likeness (QED) is 0.178. The van der Waals surface area contributed by atoms with Crippen molar-refractivity contribution >= 4 is 45.1 Å². The molecule has 2 N–H and O–H groups in total. The minimum absolute atomic E-state index is 0.0951. The number of benzene rings is 3. The lowest BCUT2D eigenvalue weighted by Crippen LogP contribution is -2.49. The Balaban J connectivity index is 0.869. The Labute approximate surface area is 334 Å². The van der Waals surface area contributed by atoms with Crippen molar-refractivity contribution < 1.29 is 23.5 Å². The third kappa shape index (κ3) is 6.70. The molecule has 6 heterocycles. The second kappa shape index (κ2) is 15.2.